The van der Waals surface area contributed by atoms with Crippen molar-refractivity contribution >= 4 is 23.2 Å². The summed E-state index contributed by atoms with van der Waals surface area (Å²) in [6.45, 7) is 2.67. The summed E-state index contributed by atoms with van der Waals surface area (Å²) >= 11 is 5.97. The van der Waals surface area contributed by atoms with Crippen molar-refractivity contribution in [1.29, 1.82) is 0 Å². The normalized spacial score (nSPS) is 16.7. The Labute approximate surface area is 185 Å². The second-order valence-corrected chi connectivity index (χ2v) is 8.44. The van der Waals surface area contributed by atoms with Gasteiger partial charge in [-0.25, -0.2) is 9.97 Å². The van der Waals surface area contributed by atoms with E-state index in [9.17, 15) is 4.79 Å². The molecule has 1 saturated heterocycles. The summed E-state index contributed by atoms with van der Waals surface area (Å²) in [6, 6.07) is 13.4. The van der Waals surface area contributed by atoms with E-state index in [1.54, 1.807) is 6.20 Å². The Morgan fingerprint density at radius 3 is 2.84 bits per heavy atom. The number of rotatable bonds is 4. The first-order valence-electron chi connectivity index (χ1n) is 10.5. The van der Waals surface area contributed by atoms with Crippen LogP contribution in [0.15, 0.2) is 59.3 Å². The van der Waals surface area contributed by atoms with E-state index in [4.69, 9.17) is 16.0 Å². The molecule has 5 rings (SSSR count). The fraction of sp³-hybridized carbons (Fsp3) is 0.292. The van der Waals surface area contributed by atoms with Gasteiger partial charge in [0.25, 0.3) is 5.91 Å². The molecule has 0 N–H and O–H groups in total. The molecular formula is C24H23ClN4O2. The first-order chi connectivity index (χ1) is 15.1. The molecule has 0 aliphatic carbocycles. The largest absolute Gasteiger partial charge is 0.443 e. The van der Waals surface area contributed by atoms with Gasteiger partial charge in [-0.1, -0.05) is 29.8 Å². The summed E-state index contributed by atoms with van der Waals surface area (Å²) in [7, 11) is 0. The topological polar surface area (TPSA) is 63.6 Å². The molecule has 1 aromatic carbocycles. The average molecular weight is 435 g/mol. The molecule has 7 heteroatoms. The van der Waals surface area contributed by atoms with E-state index in [0.717, 1.165) is 41.9 Å². The van der Waals surface area contributed by atoms with Gasteiger partial charge in [0.2, 0.25) is 5.89 Å². The molecule has 0 saturated carbocycles. The lowest BCUT2D eigenvalue weighted by molar-refractivity contribution is 0.0564. The molecule has 4 aromatic rings. The number of likely N-dealkylation sites (tertiary alicyclic amines) is 1. The van der Waals surface area contributed by atoms with E-state index in [2.05, 4.69) is 9.97 Å². The van der Waals surface area contributed by atoms with Crippen LogP contribution in [0, 0.1) is 6.92 Å². The fourth-order valence-electron chi connectivity index (χ4n) is 4.19. The maximum atomic E-state index is 13.4. The van der Waals surface area contributed by atoms with E-state index in [1.165, 1.54) is 0 Å². The Kier molecular flexibility index (Phi) is 5.24. The zero-order chi connectivity index (χ0) is 21.4. The number of nitrogens with zero attached hydrogens (tertiary/aromatic N) is 4. The van der Waals surface area contributed by atoms with Crippen molar-refractivity contribution in [3.8, 4) is 0 Å². The van der Waals surface area contributed by atoms with Crippen molar-refractivity contribution in [3.05, 3.63) is 88.5 Å². The summed E-state index contributed by atoms with van der Waals surface area (Å²) in [5.41, 5.74) is 3.37. The number of oxazole rings is 1. The summed E-state index contributed by atoms with van der Waals surface area (Å²) in [4.78, 5) is 24.3. The number of carbonyl (C=O) groups is 1. The number of piperidine rings is 1. The molecule has 0 spiro atoms. The Morgan fingerprint density at radius 1 is 1.19 bits per heavy atom. The van der Waals surface area contributed by atoms with Crippen molar-refractivity contribution in [3.63, 3.8) is 0 Å². The molecule has 0 unspecified atom stereocenters. The monoisotopic (exact) mass is 434 g/mol. The van der Waals surface area contributed by atoms with Crippen LogP contribution in [-0.4, -0.2) is 31.7 Å². The highest BCUT2D eigenvalue weighted by Gasteiger charge is 2.33. The van der Waals surface area contributed by atoms with E-state index < -0.39 is 0 Å². The van der Waals surface area contributed by atoms with Crippen LogP contribution in [0.5, 0.6) is 0 Å². The SMILES string of the molecule is Cc1cccc2nc(C(=O)N3CCCC[C@@H]3c3ncc(Cc4ccc(Cl)cc4)o3)cn12. The third-order valence-corrected chi connectivity index (χ3v) is 6.08. The summed E-state index contributed by atoms with van der Waals surface area (Å²) in [5.74, 6) is 1.29. The van der Waals surface area contributed by atoms with E-state index >= 15 is 0 Å². The second kappa shape index (κ2) is 8.19. The number of hydrogen-bond acceptors (Lipinski definition) is 4. The number of aromatic nitrogens is 3. The van der Waals surface area contributed by atoms with Gasteiger partial charge in [0, 0.05) is 29.9 Å². The minimum absolute atomic E-state index is 0.0785. The molecule has 0 bridgehead atoms. The number of pyridine rings is 1. The third-order valence-electron chi connectivity index (χ3n) is 5.83. The van der Waals surface area contributed by atoms with E-state index in [1.807, 2.05) is 64.9 Å². The molecule has 1 atom stereocenters. The minimum Gasteiger partial charge on any atom is -0.443 e. The van der Waals surface area contributed by atoms with Crippen LogP contribution in [0.4, 0.5) is 0 Å². The van der Waals surface area contributed by atoms with Crippen LogP contribution in [0.25, 0.3) is 5.65 Å². The van der Waals surface area contributed by atoms with Crippen LogP contribution in [0.2, 0.25) is 5.02 Å². The zero-order valence-corrected chi connectivity index (χ0v) is 18.0. The molecule has 0 radical (unpaired) electrons. The van der Waals surface area contributed by atoms with Gasteiger partial charge < -0.3 is 13.7 Å². The molecule has 158 valence electrons. The van der Waals surface area contributed by atoms with Gasteiger partial charge in [-0.15, -0.1) is 0 Å². The molecular weight excluding hydrogens is 412 g/mol. The Hall–Kier alpha value is -3.12. The quantitative estimate of drug-likeness (QED) is 0.440. The Bertz CT molecular complexity index is 1230. The Balaban J connectivity index is 1.39. The van der Waals surface area contributed by atoms with Crippen molar-refractivity contribution in [2.75, 3.05) is 6.54 Å². The zero-order valence-electron chi connectivity index (χ0n) is 17.3. The first-order valence-corrected chi connectivity index (χ1v) is 10.9. The lowest BCUT2D eigenvalue weighted by atomic mass is 10.0. The van der Waals surface area contributed by atoms with E-state index in [0.29, 0.717) is 29.6 Å². The molecule has 1 aliphatic rings. The molecule has 1 fully saturated rings. The predicted molar refractivity (Wildman–Crippen MR) is 118 cm³/mol. The average Bonchev–Trinajstić information content (AvgIpc) is 3.43. The lowest BCUT2D eigenvalue weighted by Gasteiger charge is -2.33. The summed E-state index contributed by atoms with van der Waals surface area (Å²) in [5, 5.41) is 0.709. The molecule has 3 aromatic heterocycles. The smallest absolute Gasteiger partial charge is 0.274 e. The van der Waals surface area contributed by atoms with Crippen LogP contribution < -0.4 is 0 Å². The second-order valence-electron chi connectivity index (χ2n) is 8.00. The molecule has 1 aliphatic heterocycles. The van der Waals surface area contributed by atoms with Crippen LogP contribution in [-0.2, 0) is 6.42 Å². The lowest BCUT2D eigenvalue weighted by Crippen LogP contribution is -2.38. The highest BCUT2D eigenvalue weighted by atomic mass is 35.5. The van der Waals surface area contributed by atoms with Crippen molar-refractivity contribution in [2.45, 2.75) is 38.6 Å². The van der Waals surface area contributed by atoms with Crippen LogP contribution in [0.1, 0.15) is 58.7 Å². The standard InChI is InChI=1S/C24H23ClN4O2/c1-16-5-4-7-22-27-20(15-29(16)22)24(30)28-12-3-2-6-21(28)23-26-14-19(31-23)13-17-8-10-18(25)11-9-17/h4-5,7-11,14-15,21H,2-3,6,12-13H2,1H3/t21-/m1/s1. The molecule has 4 heterocycles. The Morgan fingerprint density at radius 2 is 2.03 bits per heavy atom. The van der Waals surface area contributed by atoms with Gasteiger partial charge in [0.1, 0.15) is 23.1 Å². The number of hydrogen-bond donors (Lipinski definition) is 0. The summed E-state index contributed by atoms with van der Waals surface area (Å²) < 4.78 is 8.03. The highest BCUT2D eigenvalue weighted by molar-refractivity contribution is 6.30. The van der Waals surface area contributed by atoms with Crippen LogP contribution >= 0.6 is 11.6 Å². The van der Waals surface area contributed by atoms with Gasteiger partial charge in [-0.3, -0.25) is 4.79 Å². The number of halogens is 1. The number of amides is 1. The third kappa shape index (κ3) is 3.95. The summed E-state index contributed by atoms with van der Waals surface area (Å²) in [6.07, 6.45) is 7.05. The fourth-order valence-corrected chi connectivity index (χ4v) is 4.32. The number of imidazole rings is 1. The number of benzene rings is 1. The molecule has 31 heavy (non-hydrogen) atoms. The maximum absolute atomic E-state index is 13.4. The highest BCUT2D eigenvalue weighted by Crippen LogP contribution is 2.32. The molecule has 6 nitrogen and oxygen atoms in total. The maximum Gasteiger partial charge on any atom is 0.274 e. The molecule has 1 amide bonds. The van der Waals surface area contributed by atoms with Gasteiger partial charge in [0.05, 0.1) is 6.20 Å². The van der Waals surface area contributed by atoms with Crippen LogP contribution in [0.3, 0.4) is 0 Å². The first kappa shape index (κ1) is 19.8. The minimum atomic E-state index is -0.175. The van der Waals surface area contributed by atoms with Gasteiger partial charge in [-0.05, 0) is 56.0 Å². The van der Waals surface area contributed by atoms with Crippen molar-refractivity contribution in [2.24, 2.45) is 0 Å². The number of fused-ring (bicyclic) bond motifs is 1. The van der Waals surface area contributed by atoms with E-state index in [-0.39, 0.29) is 11.9 Å². The van der Waals surface area contributed by atoms with Gasteiger partial charge >= 0.3 is 0 Å². The van der Waals surface area contributed by atoms with Crippen molar-refractivity contribution in [1.82, 2.24) is 19.3 Å². The van der Waals surface area contributed by atoms with Crippen molar-refractivity contribution < 1.29 is 9.21 Å². The van der Waals surface area contributed by atoms with Gasteiger partial charge in [0.15, 0.2) is 0 Å². The van der Waals surface area contributed by atoms with Gasteiger partial charge in [-0.2, -0.15) is 0 Å². The predicted octanol–water partition coefficient (Wildman–Crippen LogP) is 5.24. The number of aryl methyl sites for hydroxylation is 1. The number of carbonyl (C=O) groups excluding carboxylic acids is 1.